The van der Waals surface area contributed by atoms with Gasteiger partial charge in [0.05, 0.1) is 16.5 Å². The van der Waals surface area contributed by atoms with Gasteiger partial charge in [0.2, 0.25) is 0 Å². The summed E-state index contributed by atoms with van der Waals surface area (Å²) in [5.41, 5.74) is 0.0413. The Morgan fingerprint density at radius 2 is 1.72 bits per heavy atom. The summed E-state index contributed by atoms with van der Waals surface area (Å²) in [6.07, 6.45) is 0. The first-order chi connectivity index (χ1) is 11.2. The molecule has 0 fully saturated rings. The van der Waals surface area contributed by atoms with Crippen molar-refractivity contribution < 1.29 is 18.9 Å². The van der Waals surface area contributed by atoms with Gasteiger partial charge in [-0.3, -0.25) is 14.6 Å². The zero-order valence-corrected chi connectivity index (χ0v) is 14.1. The number of nitrogens with zero attached hydrogens (tertiary/aromatic N) is 1. The number of phosphoric ester groups is 1. The fraction of sp³-hybridized carbons (Fsp3) is 0. The number of hydrogen-bond donors (Lipinski definition) is 3. The van der Waals surface area contributed by atoms with E-state index < -0.39 is 13.4 Å². The number of fused-ring (bicyclic) bond motifs is 1. The molecule has 0 bridgehead atoms. The Labute approximate surface area is 173 Å². The molecule has 25 heavy (non-hydrogen) atoms. The van der Waals surface area contributed by atoms with Crippen LogP contribution in [-0.2, 0) is 4.57 Å². The molecule has 3 N–H and O–H groups in total. The number of nitrogens with one attached hydrogen (secondary N) is 1. The molecule has 1 heterocycles. The predicted octanol–water partition coefficient (Wildman–Crippen LogP) is 2.72. The Hall–Kier alpha value is -0.890. The molecule has 1 aromatic heterocycles. The van der Waals surface area contributed by atoms with E-state index in [4.69, 9.17) is 33.0 Å². The third kappa shape index (κ3) is 4.84. The van der Waals surface area contributed by atoms with Crippen molar-refractivity contribution in [3.05, 3.63) is 56.8 Å². The molecule has 0 saturated carbocycles. The molecule has 3 rings (SSSR count). The van der Waals surface area contributed by atoms with Crippen LogP contribution in [0, 0.1) is 0 Å². The fourth-order valence-electron chi connectivity index (χ4n) is 2.13. The van der Waals surface area contributed by atoms with Gasteiger partial charge < -0.3 is 9.51 Å². The zero-order chi connectivity index (χ0) is 17.5. The standard InChI is InChI=1S/C14H9Cl2N2O5P.Na.H/c15-7-1-3-11-9(5-7)14(19)18-13(17-11)10-6-8(16)2-4-12(10)23-24(20,21)22;;/h1-6H,(H,17,18,19)(H2,20,21,22);;. The number of aromatic nitrogens is 2. The number of halogens is 2. The monoisotopic (exact) mass is 410 g/mol. The first kappa shape index (κ1) is 20.4. The topological polar surface area (TPSA) is 113 Å². The van der Waals surface area contributed by atoms with Gasteiger partial charge in [0.15, 0.2) is 0 Å². The van der Waals surface area contributed by atoms with Crippen molar-refractivity contribution >= 4 is 71.5 Å². The number of hydrogen-bond acceptors (Lipinski definition) is 4. The van der Waals surface area contributed by atoms with Crippen LogP contribution in [0.2, 0.25) is 10.0 Å². The molecular formula is C14H10Cl2N2NaO5P. The molecular weight excluding hydrogens is 401 g/mol. The van der Waals surface area contributed by atoms with Gasteiger partial charge in [-0.05, 0) is 36.4 Å². The van der Waals surface area contributed by atoms with E-state index in [0.29, 0.717) is 10.5 Å². The Bertz CT molecular complexity index is 1050. The molecule has 0 saturated heterocycles. The molecule has 0 aliphatic carbocycles. The molecule has 7 nitrogen and oxygen atoms in total. The molecule has 0 spiro atoms. The van der Waals surface area contributed by atoms with Crippen LogP contribution < -0.4 is 10.1 Å². The van der Waals surface area contributed by atoms with Crippen molar-refractivity contribution in [2.24, 2.45) is 0 Å². The Morgan fingerprint density at radius 1 is 1.08 bits per heavy atom. The van der Waals surface area contributed by atoms with Crippen LogP contribution in [0.4, 0.5) is 0 Å². The second kappa shape index (κ2) is 7.78. The third-order valence-corrected chi connectivity index (χ3v) is 3.99. The molecule has 0 atom stereocenters. The van der Waals surface area contributed by atoms with E-state index in [9.17, 15) is 9.36 Å². The Kier molecular flexibility index (Phi) is 6.35. The van der Waals surface area contributed by atoms with E-state index in [1.807, 2.05) is 0 Å². The first-order valence-corrected chi connectivity index (χ1v) is 8.76. The zero-order valence-electron chi connectivity index (χ0n) is 11.7. The molecule has 3 aromatic rings. The molecule has 0 unspecified atom stereocenters. The number of H-pyrrole nitrogens is 1. The summed E-state index contributed by atoms with van der Waals surface area (Å²) in [5.74, 6) is -0.107. The summed E-state index contributed by atoms with van der Waals surface area (Å²) in [5, 5.41) is 0.948. The van der Waals surface area contributed by atoms with Crippen LogP contribution in [0.1, 0.15) is 0 Å². The number of rotatable bonds is 3. The molecule has 0 radical (unpaired) electrons. The van der Waals surface area contributed by atoms with Crippen molar-refractivity contribution in [1.29, 1.82) is 0 Å². The van der Waals surface area contributed by atoms with Crippen molar-refractivity contribution in [1.82, 2.24) is 9.97 Å². The van der Waals surface area contributed by atoms with Crippen LogP contribution in [0.15, 0.2) is 41.2 Å². The van der Waals surface area contributed by atoms with E-state index in [1.54, 1.807) is 12.1 Å². The molecule has 0 amide bonds. The average molecular weight is 411 g/mol. The van der Waals surface area contributed by atoms with Crippen LogP contribution in [0.25, 0.3) is 22.3 Å². The molecule has 0 aliphatic rings. The number of phosphoric acid groups is 1. The maximum atomic E-state index is 12.2. The van der Waals surface area contributed by atoms with Crippen molar-refractivity contribution in [2.45, 2.75) is 0 Å². The molecule has 126 valence electrons. The van der Waals surface area contributed by atoms with Gasteiger partial charge >= 0.3 is 37.4 Å². The first-order valence-electron chi connectivity index (χ1n) is 6.47. The van der Waals surface area contributed by atoms with Crippen LogP contribution in [0.5, 0.6) is 5.75 Å². The van der Waals surface area contributed by atoms with Gasteiger partial charge in [-0.25, -0.2) is 9.55 Å². The van der Waals surface area contributed by atoms with E-state index in [2.05, 4.69) is 14.5 Å². The summed E-state index contributed by atoms with van der Waals surface area (Å²) in [7, 11) is -4.80. The summed E-state index contributed by atoms with van der Waals surface area (Å²) >= 11 is 11.8. The van der Waals surface area contributed by atoms with Gasteiger partial charge in [0.25, 0.3) is 5.56 Å². The number of benzene rings is 2. The Morgan fingerprint density at radius 3 is 2.40 bits per heavy atom. The van der Waals surface area contributed by atoms with Gasteiger partial charge in [0, 0.05) is 10.0 Å². The van der Waals surface area contributed by atoms with E-state index >= 15 is 0 Å². The quantitative estimate of drug-likeness (QED) is 0.452. The second-order valence-corrected chi connectivity index (χ2v) is 6.83. The summed E-state index contributed by atoms with van der Waals surface area (Å²) in [4.78, 5) is 37.1. The third-order valence-electron chi connectivity index (χ3n) is 3.08. The van der Waals surface area contributed by atoms with Crippen LogP contribution in [-0.4, -0.2) is 49.3 Å². The van der Waals surface area contributed by atoms with E-state index in [-0.39, 0.29) is 57.1 Å². The molecule has 0 aliphatic heterocycles. The SMILES string of the molecule is O=c1[nH]c(-c2cc(Cl)ccc2OP(=O)(O)O)nc2ccc(Cl)cc12.[NaH]. The summed E-state index contributed by atoms with van der Waals surface area (Å²) in [6.45, 7) is 0. The van der Waals surface area contributed by atoms with Crippen molar-refractivity contribution in [3.63, 3.8) is 0 Å². The van der Waals surface area contributed by atoms with Crippen molar-refractivity contribution in [2.75, 3.05) is 0 Å². The number of aromatic amines is 1. The second-order valence-electron chi connectivity index (χ2n) is 4.80. The normalized spacial score (nSPS) is 11.2. The molecule has 11 heteroatoms. The minimum atomic E-state index is -4.80. The van der Waals surface area contributed by atoms with Gasteiger partial charge in [-0.15, -0.1) is 0 Å². The molecule has 2 aromatic carbocycles. The van der Waals surface area contributed by atoms with Crippen LogP contribution in [0.3, 0.4) is 0 Å². The predicted molar refractivity (Wildman–Crippen MR) is 97.6 cm³/mol. The van der Waals surface area contributed by atoms with E-state index in [1.165, 1.54) is 24.3 Å². The van der Waals surface area contributed by atoms with Gasteiger partial charge in [0.1, 0.15) is 11.6 Å². The summed E-state index contributed by atoms with van der Waals surface area (Å²) < 4.78 is 15.8. The fourth-order valence-corrected chi connectivity index (χ4v) is 2.89. The van der Waals surface area contributed by atoms with Crippen molar-refractivity contribution in [3.8, 4) is 17.1 Å². The minimum absolute atomic E-state index is 0. The van der Waals surface area contributed by atoms with Gasteiger partial charge in [-0.2, -0.15) is 0 Å². The maximum absolute atomic E-state index is 12.2. The summed E-state index contributed by atoms with van der Waals surface area (Å²) in [6, 6.07) is 8.66. The average Bonchev–Trinajstić information content (AvgIpc) is 2.48. The van der Waals surface area contributed by atoms with Crippen LogP contribution >= 0.6 is 31.0 Å². The van der Waals surface area contributed by atoms with Gasteiger partial charge in [-0.1, -0.05) is 23.2 Å². The Balaban J connectivity index is 0.00000225. The van der Waals surface area contributed by atoms with E-state index in [0.717, 1.165) is 0 Å².